The Morgan fingerprint density at radius 3 is 2.14 bits per heavy atom. The second kappa shape index (κ2) is 4.99. The van der Waals surface area contributed by atoms with Crippen molar-refractivity contribution in [1.29, 1.82) is 0 Å². The van der Waals surface area contributed by atoms with E-state index < -0.39 is 11.8 Å². The first-order valence-electron chi connectivity index (χ1n) is 6.15. The Kier molecular flexibility index (Phi) is 3.15. The molecule has 0 saturated carbocycles. The number of carbonyl (C=O) groups excluding carboxylic acids is 2. The van der Waals surface area contributed by atoms with Gasteiger partial charge in [0.15, 0.2) is 0 Å². The van der Waals surface area contributed by atoms with Gasteiger partial charge in [0.25, 0.3) is 0 Å². The molecule has 6 heteroatoms. The van der Waals surface area contributed by atoms with Gasteiger partial charge in [-0.05, 0) is 30.3 Å². The van der Waals surface area contributed by atoms with Gasteiger partial charge in [0.2, 0.25) is 11.8 Å². The fraction of sp³-hybridized carbons (Fsp3) is 0. The summed E-state index contributed by atoms with van der Waals surface area (Å²) in [6.45, 7) is 0. The number of fused-ring (bicyclic) bond motifs is 1. The quantitative estimate of drug-likeness (QED) is 0.774. The van der Waals surface area contributed by atoms with Gasteiger partial charge in [0, 0.05) is 16.7 Å². The van der Waals surface area contributed by atoms with Crippen molar-refractivity contribution >= 4 is 33.4 Å². The van der Waals surface area contributed by atoms with Gasteiger partial charge in [-0.2, -0.15) is 0 Å². The summed E-state index contributed by atoms with van der Waals surface area (Å²) in [7, 11) is 0. The Morgan fingerprint density at radius 1 is 0.905 bits per heavy atom. The first-order valence-corrected chi connectivity index (χ1v) is 6.97. The predicted molar refractivity (Wildman–Crippen MR) is 82.1 cm³/mol. The third-order valence-electron chi connectivity index (χ3n) is 3.09. The van der Waals surface area contributed by atoms with Crippen LogP contribution in [0, 0.1) is 0 Å². The molecule has 21 heavy (non-hydrogen) atoms. The summed E-state index contributed by atoms with van der Waals surface area (Å²) in [5.41, 5.74) is 13.1. The summed E-state index contributed by atoms with van der Waals surface area (Å²) in [5.74, 6) is -0.922. The van der Waals surface area contributed by atoms with Crippen molar-refractivity contribution in [1.82, 2.24) is 4.98 Å². The van der Waals surface area contributed by atoms with Gasteiger partial charge < -0.3 is 11.5 Å². The number of benzene rings is 2. The van der Waals surface area contributed by atoms with Crippen LogP contribution >= 0.6 is 11.3 Å². The molecule has 0 aliphatic rings. The van der Waals surface area contributed by atoms with Crippen molar-refractivity contribution in [2.45, 2.75) is 0 Å². The van der Waals surface area contributed by atoms with Crippen LogP contribution in [0.5, 0.6) is 0 Å². The molecule has 2 aromatic carbocycles. The van der Waals surface area contributed by atoms with E-state index in [1.54, 1.807) is 42.5 Å². The number of carbonyl (C=O) groups is 2. The highest BCUT2D eigenvalue weighted by Crippen LogP contribution is 2.30. The van der Waals surface area contributed by atoms with Crippen LogP contribution in [0.3, 0.4) is 0 Å². The average Bonchev–Trinajstić information content (AvgIpc) is 2.90. The van der Waals surface area contributed by atoms with Crippen LogP contribution in [0.2, 0.25) is 0 Å². The standard InChI is InChI=1S/C15H11N3O2S/c16-13(19)8-1-3-9(4-2-8)15-18-11-6-5-10(14(17)20)7-12(11)21-15/h1-7H,(H2,16,19)(H2,17,20). The van der Waals surface area contributed by atoms with E-state index >= 15 is 0 Å². The van der Waals surface area contributed by atoms with E-state index in [4.69, 9.17) is 11.5 Å². The van der Waals surface area contributed by atoms with Crippen LogP contribution in [-0.2, 0) is 0 Å². The number of amides is 2. The number of primary amides is 2. The summed E-state index contributed by atoms with van der Waals surface area (Å²) in [6.07, 6.45) is 0. The molecule has 104 valence electrons. The lowest BCUT2D eigenvalue weighted by atomic mass is 10.1. The molecule has 0 atom stereocenters. The maximum atomic E-state index is 11.2. The van der Waals surface area contributed by atoms with Crippen LogP contribution in [0.4, 0.5) is 0 Å². The van der Waals surface area contributed by atoms with Gasteiger partial charge in [-0.1, -0.05) is 12.1 Å². The van der Waals surface area contributed by atoms with E-state index in [-0.39, 0.29) is 0 Å². The molecule has 0 fully saturated rings. The molecule has 4 N–H and O–H groups in total. The van der Waals surface area contributed by atoms with E-state index in [1.807, 2.05) is 0 Å². The van der Waals surface area contributed by atoms with Crippen LogP contribution in [-0.4, -0.2) is 16.8 Å². The number of hydrogen-bond acceptors (Lipinski definition) is 4. The van der Waals surface area contributed by atoms with Crippen LogP contribution in [0.25, 0.3) is 20.8 Å². The van der Waals surface area contributed by atoms with Crippen molar-refractivity contribution in [3.05, 3.63) is 53.6 Å². The fourth-order valence-electron chi connectivity index (χ4n) is 1.98. The topological polar surface area (TPSA) is 99.1 Å². The molecule has 0 saturated heterocycles. The van der Waals surface area contributed by atoms with Crippen LogP contribution in [0.15, 0.2) is 42.5 Å². The molecule has 0 bridgehead atoms. The highest BCUT2D eigenvalue weighted by Gasteiger charge is 2.09. The lowest BCUT2D eigenvalue weighted by Crippen LogP contribution is -2.10. The number of nitrogens with two attached hydrogens (primary N) is 2. The monoisotopic (exact) mass is 297 g/mol. The first-order chi connectivity index (χ1) is 10.0. The number of thiazole rings is 1. The summed E-state index contributed by atoms with van der Waals surface area (Å²) >= 11 is 1.46. The smallest absolute Gasteiger partial charge is 0.248 e. The highest BCUT2D eigenvalue weighted by molar-refractivity contribution is 7.21. The van der Waals surface area contributed by atoms with Gasteiger partial charge in [0.1, 0.15) is 5.01 Å². The zero-order valence-electron chi connectivity index (χ0n) is 10.9. The Balaban J connectivity index is 2.04. The molecule has 0 aliphatic carbocycles. The Hall–Kier alpha value is -2.73. The Morgan fingerprint density at radius 2 is 1.52 bits per heavy atom. The molecule has 0 aliphatic heterocycles. The second-order valence-electron chi connectivity index (χ2n) is 4.51. The van der Waals surface area contributed by atoms with Crippen molar-refractivity contribution in [3.8, 4) is 10.6 Å². The van der Waals surface area contributed by atoms with Crippen molar-refractivity contribution in [3.63, 3.8) is 0 Å². The van der Waals surface area contributed by atoms with Gasteiger partial charge in [-0.3, -0.25) is 9.59 Å². The molecular weight excluding hydrogens is 286 g/mol. The molecule has 0 spiro atoms. The highest BCUT2D eigenvalue weighted by atomic mass is 32.1. The van der Waals surface area contributed by atoms with E-state index in [0.717, 1.165) is 20.8 Å². The molecule has 3 rings (SSSR count). The number of rotatable bonds is 3. The molecule has 5 nitrogen and oxygen atoms in total. The average molecular weight is 297 g/mol. The zero-order chi connectivity index (χ0) is 15.0. The lowest BCUT2D eigenvalue weighted by Gasteiger charge is -1.97. The lowest BCUT2D eigenvalue weighted by molar-refractivity contribution is 0.0992. The zero-order valence-corrected chi connectivity index (χ0v) is 11.7. The van der Waals surface area contributed by atoms with Gasteiger partial charge in [-0.15, -0.1) is 11.3 Å². The summed E-state index contributed by atoms with van der Waals surface area (Å²) in [5, 5.41) is 0.808. The fourth-order valence-corrected chi connectivity index (χ4v) is 2.99. The van der Waals surface area contributed by atoms with Gasteiger partial charge in [-0.25, -0.2) is 4.98 Å². The number of aromatic nitrogens is 1. The Bertz CT molecular complexity index is 853. The summed E-state index contributed by atoms with van der Waals surface area (Å²) < 4.78 is 0.889. The maximum Gasteiger partial charge on any atom is 0.248 e. The SMILES string of the molecule is NC(=O)c1ccc(-c2nc3ccc(C(N)=O)cc3s2)cc1. The molecule has 0 unspecified atom stereocenters. The van der Waals surface area contributed by atoms with Crippen molar-refractivity contribution in [2.75, 3.05) is 0 Å². The molecule has 2 amide bonds. The first kappa shape index (κ1) is 13.3. The molecule has 1 heterocycles. The van der Waals surface area contributed by atoms with Crippen LogP contribution in [0.1, 0.15) is 20.7 Å². The van der Waals surface area contributed by atoms with Crippen molar-refractivity contribution in [2.24, 2.45) is 11.5 Å². The van der Waals surface area contributed by atoms with E-state index in [2.05, 4.69) is 4.98 Å². The normalized spacial score (nSPS) is 10.7. The van der Waals surface area contributed by atoms with Crippen molar-refractivity contribution < 1.29 is 9.59 Å². The third-order valence-corrected chi connectivity index (χ3v) is 4.16. The number of hydrogen-bond donors (Lipinski definition) is 2. The van der Waals surface area contributed by atoms with Gasteiger partial charge in [0.05, 0.1) is 10.2 Å². The van der Waals surface area contributed by atoms with E-state index in [1.165, 1.54) is 11.3 Å². The maximum absolute atomic E-state index is 11.2. The molecular formula is C15H11N3O2S. The third kappa shape index (κ3) is 2.48. The largest absolute Gasteiger partial charge is 0.366 e. The number of nitrogens with zero attached hydrogens (tertiary/aromatic N) is 1. The molecule has 0 radical (unpaired) electrons. The molecule has 3 aromatic rings. The minimum absolute atomic E-state index is 0.455. The minimum atomic E-state index is -0.461. The van der Waals surface area contributed by atoms with E-state index in [9.17, 15) is 9.59 Å². The Labute approximate surface area is 124 Å². The molecule has 1 aromatic heterocycles. The van der Waals surface area contributed by atoms with E-state index in [0.29, 0.717) is 11.1 Å². The van der Waals surface area contributed by atoms with Crippen LogP contribution < -0.4 is 11.5 Å². The predicted octanol–water partition coefficient (Wildman–Crippen LogP) is 2.16. The summed E-state index contributed by atoms with van der Waals surface area (Å²) in [4.78, 5) is 26.7. The van der Waals surface area contributed by atoms with Gasteiger partial charge >= 0.3 is 0 Å². The second-order valence-corrected chi connectivity index (χ2v) is 5.54. The minimum Gasteiger partial charge on any atom is -0.366 e. The summed E-state index contributed by atoms with van der Waals surface area (Å²) in [6, 6.07) is 12.1.